The number of benzene rings is 1. The average molecular weight is 234 g/mol. The topological polar surface area (TPSA) is 43.4 Å². The maximum atomic E-state index is 11.8. The van der Waals surface area contributed by atoms with Gasteiger partial charge in [0.15, 0.2) is 5.43 Å². The van der Waals surface area contributed by atoms with Crippen LogP contribution in [0.2, 0.25) is 0 Å². The van der Waals surface area contributed by atoms with Gasteiger partial charge in [0.05, 0.1) is 7.11 Å². The van der Waals surface area contributed by atoms with E-state index in [1.54, 1.807) is 6.07 Å². The molecule has 0 amide bonds. The van der Waals surface area contributed by atoms with Crippen LogP contribution >= 0.6 is 11.3 Å². The van der Waals surface area contributed by atoms with Crippen molar-refractivity contribution in [3.63, 3.8) is 0 Å². The molecule has 0 radical (unpaired) electrons. The molecular formula is C12H10O3S. The Morgan fingerprint density at radius 3 is 2.81 bits per heavy atom. The van der Waals surface area contributed by atoms with E-state index in [9.17, 15) is 9.59 Å². The Balaban J connectivity index is 2.80. The van der Waals surface area contributed by atoms with Gasteiger partial charge in [-0.15, -0.1) is 11.3 Å². The van der Waals surface area contributed by atoms with Gasteiger partial charge in [0.25, 0.3) is 0 Å². The second-order valence-electron chi connectivity index (χ2n) is 3.42. The third kappa shape index (κ3) is 1.72. The molecule has 0 aliphatic heterocycles. The van der Waals surface area contributed by atoms with Crippen molar-refractivity contribution in [1.82, 2.24) is 0 Å². The summed E-state index contributed by atoms with van der Waals surface area (Å²) in [6, 6.07) is 6.85. The molecule has 16 heavy (non-hydrogen) atoms. The molecule has 4 heteroatoms. The third-order valence-corrected chi connectivity index (χ3v) is 3.59. The fourth-order valence-corrected chi connectivity index (χ4v) is 2.58. The first kappa shape index (κ1) is 10.8. The fraction of sp³-hybridized carbons (Fsp3) is 0.167. The van der Waals surface area contributed by atoms with Crippen molar-refractivity contribution in [3.8, 4) is 0 Å². The SMILES string of the molecule is COC(=O)c1cc(=O)c2cccc(C)c2s1. The highest BCUT2D eigenvalue weighted by atomic mass is 32.1. The van der Waals surface area contributed by atoms with Gasteiger partial charge in [-0.1, -0.05) is 12.1 Å². The quantitative estimate of drug-likeness (QED) is 0.711. The monoisotopic (exact) mass is 234 g/mol. The summed E-state index contributed by atoms with van der Waals surface area (Å²) in [5.74, 6) is -0.466. The van der Waals surface area contributed by atoms with Crippen LogP contribution in [0.3, 0.4) is 0 Å². The molecule has 82 valence electrons. The molecule has 0 spiro atoms. The molecule has 1 aromatic carbocycles. The number of esters is 1. The van der Waals surface area contributed by atoms with Gasteiger partial charge in [-0.05, 0) is 18.6 Å². The number of carbonyl (C=O) groups excluding carboxylic acids is 1. The van der Waals surface area contributed by atoms with Crippen LogP contribution in [0.4, 0.5) is 0 Å². The highest BCUT2D eigenvalue weighted by Crippen LogP contribution is 2.22. The van der Waals surface area contributed by atoms with Crippen LogP contribution in [0, 0.1) is 6.92 Å². The summed E-state index contributed by atoms with van der Waals surface area (Å²) in [7, 11) is 1.31. The Bertz CT molecular complexity index is 613. The molecule has 0 unspecified atom stereocenters. The van der Waals surface area contributed by atoms with Crippen molar-refractivity contribution in [2.75, 3.05) is 7.11 Å². The Labute approximate surface area is 96.3 Å². The lowest BCUT2D eigenvalue weighted by molar-refractivity contribution is 0.0606. The van der Waals surface area contributed by atoms with Crippen molar-refractivity contribution < 1.29 is 9.53 Å². The standard InChI is InChI=1S/C12H10O3S/c1-7-4-3-5-8-9(13)6-10(12(14)15-2)16-11(7)8/h3-6H,1-2H3. The van der Waals surface area contributed by atoms with Crippen LogP contribution in [0.15, 0.2) is 29.1 Å². The molecule has 3 nitrogen and oxygen atoms in total. The Morgan fingerprint density at radius 1 is 1.38 bits per heavy atom. The summed E-state index contributed by atoms with van der Waals surface area (Å²) in [4.78, 5) is 23.5. The summed E-state index contributed by atoms with van der Waals surface area (Å²) in [6.45, 7) is 1.92. The molecule has 0 fully saturated rings. The molecule has 1 aromatic heterocycles. The zero-order valence-corrected chi connectivity index (χ0v) is 9.76. The van der Waals surface area contributed by atoms with E-state index in [-0.39, 0.29) is 5.43 Å². The van der Waals surface area contributed by atoms with Crippen LogP contribution in [-0.2, 0) is 4.74 Å². The fourth-order valence-electron chi connectivity index (χ4n) is 1.52. The molecule has 0 aliphatic carbocycles. The largest absolute Gasteiger partial charge is 0.465 e. The van der Waals surface area contributed by atoms with E-state index in [0.29, 0.717) is 10.3 Å². The minimum atomic E-state index is -0.466. The highest BCUT2D eigenvalue weighted by molar-refractivity contribution is 7.20. The first-order chi connectivity index (χ1) is 7.63. The Morgan fingerprint density at radius 2 is 2.12 bits per heavy atom. The number of methoxy groups -OCH3 is 1. The molecule has 2 rings (SSSR count). The van der Waals surface area contributed by atoms with Gasteiger partial charge in [0, 0.05) is 16.2 Å². The van der Waals surface area contributed by atoms with E-state index in [1.807, 2.05) is 19.1 Å². The number of aryl methyl sites for hydroxylation is 1. The first-order valence-electron chi connectivity index (χ1n) is 4.75. The Kier molecular flexibility index (Phi) is 2.75. The van der Waals surface area contributed by atoms with Crippen LogP contribution in [0.25, 0.3) is 10.1 Å². The van der Waals surface area contributed by atoms with Crippen molar-refractivity contribution in [2.24, 2.45) is 0 Å². The van der Waals surface area contributed by atoms with Gasteiger partial charge >= 0.3 is 5.97 Å². The van der Waals surface area contributed by atoms with Crippen LogP contribution in [0.1, 0.15) is 15.2 Å². The molecule has 0 saturated carbocycles. The Hall–Kier alpha value is -1.68. The second kappa shape index (κ2) is 4.06. The summed E-state index contributed by atoms with van der Waals surface area (Å²) >= 11 is 1.29. The number of rotatable bonds is 1. The van der Waals surface area contributed by atoms with Gasteiger partial charge in [0.1, 0.15) is 4.88 Å². The van der Waals surface area contributed by atoms with Crippen LogP contribution in [-0.4, -0.2) is 13.1 Å². The normalized spacial score (nSPS) is 10.4. The molecule has 2 aromatic rings. The number of fused-ring (bicyclic) bond motifs is 1. The smallest absolute Gasteiger partial charge is 0.348 e. The van der Waals surface area contributed by atoms with Gasteiger partial charge < -0.3 is 4.74 Å². The number of hydrogen-bond acceptors (Lipinski definition) is 4. The van der Waals surface area contributed by atoms with E-state index in [1.165, 1.54) is 24.5 Å². The number of carbonyl (C=O) groups is 1. The summed E-state index contributed by atoms with van der Waals surface area (Å²) in [5.41, 5.74) is 0.850. The van der Waals surface area contributed by atoms with E-state index in [0.717, 1.165) is 10.3 Å². The summed E-state index contributed by atoms with van der Waals surface area (Å²) in [6.07, 6.45) is 0. The molecule has 0 bridgehead atoms. The van der Waals surface area contributed by atoms with Gasteiger partial charge in [-0.2, -0.15) is 0 Å². The lowest BCUT2D eigenvalue weighted by atomic mass is 10.2. The maximum Gasteiger partial charge on any atom is 0.348 e. The summed E-state index contributed by atoms with van der Waals surface area (Å²) < 4.78 is 5.46. The second-order valence-corrected chi connectivity index (χ2v) is 4.47. The number of hydrogen-bond donors (Lipinski definition) is 0. The zero-order valence-electron chi connectivity index (χ0n) is 8.94. The minimum absolute atomic E-state index is 0.141. The van der Waals surface area contributed by atoms with Gasteiger partial charge in [-0.3, -0.25) is 4.79 Å². The third-order valence-electron chi connectivity index (χ3n) is 2.34. The molecular weight excluding hydrogens is 224 g/mol. The van der Waals surface area contributed by atoms with Crippen molar-refractivity contribution >= 4 is 27.4 Å². The number of ether oxygens (including phenoxy) is 1. The van der Waals surface area contributed by atoms with Crippen LogP contribution in [0.5, 0.6) is 0 Å². The molecule has 0 aliphatic rings. The molecule has 0 saturated heterocycles. The maximum absolute atomic E-state index is 11.8. The van der Waals surface area contributed by atoms with Gasteiger partial charge in [0.2, 0.25) is 0 Å². The predicted molar refractivity (Wildman–Crippen MR) is 64.2 cm³/mol. The van der Waals surface area contributed by atoms with Crippen molar-refractivity contribution in [2.45, 2.75) is 6.92 Å². The van der Waals surface area contributed by atoms with Crippen molar-refractivity contribution in [3.05, 3.63) is 44.9 Å². The van der Waals surface area contributed by atoms with E-state index in [2.05, 4.69) is 4.74 Å². The molecule has 0 N–H and O–H groups in total. The molecule has 0 atom stereocenters. The van der Waals surface area contributed by atoms with E-state index >= 15 is 0 Å². The van der Waals surface area contributed by atoms with Crippen LogP contribution < -0.4 is 5.43 Å². The van der Waals surface area contributed by atoms with E-state index in [4.69, 9.17) is 0 Å². The zero-order chi connectivity index (χ0) is 11.7. The summed E-state index contributed by atoms with van der Waals surface area (Å²) in [5, 5.41) is 0.651. The van der Waals surface area contributed by atoms with E-state index < -0.39 is 5.97 Å². The lowest BCUT2D eigenvalue weighted by Crippen LogP contribution is -2.06. The van der Waals surface area contributed by atoms with Crippen molar-refractivity contribution in [1.29, 1.82) is 0 Å². The minimum Gasteiger partial charge on any atom is -0.465 e. The molecule has 1 heterocycles. The average Bonchev–Trinajstić information content (AvgIpc) is 2.29. The van der Waals surface area contributed by atoms with Gasteiger partial charge in [-0.25, -0.2) is 4.79 Å². The highest BCUT2D eigenvalue weighted by Gasteiger charge is 2.11. The predicted octanol–water partition coefficient (Wildman–Crippen LogP) is 2.36. The first-order valence-corrected chi connectivity index (χ1v) is 5.57. The lowest BCUT2D eigenvalue weighted by Gasteiger charge is -2.02.